The zero-order valence-corrected chi connectivity index (χ0v) is 20.3. The molecule has 7 rings (SSSR count). The molecule has 174 valence electrons. The van der Waals surface area contributed by atoms with E-state index in [9.17, 15) is 0 Å². The Kier molecular flexibility index (Phi) is 5.19. The van der Waals surface area contributed by atoms with Gasteiger partial charge >= 0.3 is 0 Å². The summed E-state index contributed by atoms with van der Waals surface area (Å²) in [6.45, 7) is 0. The minimum atomic E-state index is 0.899. The quantitative estimate of drug-likeness (QED) is 0.248. The number of furan rings is 1. The average molecular weight is 473 g/mol. The van der Waals surface area contributed by atoms with Gasteiger partial charge in [0.15, 0.2) is 0 Å². The van der Waals surface area contributed by atoms with E-state index < -0.39 is 0 Å². The molecule has 0 saturated heterocycles. The summed E-state index contributed by atoms with van der Waals surface area (Å²) < 4.78 is 6.84. The van der Waals surface area contributed by atoms with E-state index in [2.05, 4.69) is 140 Å². The van der Waals surface area contributed by atoms with Crippen LogP contribution in [-0.4, -0.2) is 0 Å². The minimum Gasteiger partial charge on any atom is -0.455 e. The van der Waals surface area contributed by atoms with Crippen LogP contribution in [-0.2, 0) is 0 Å². The van der Waals surface area contributed by atoms with Crippen molar-refractivity contribution >= 4 is 21.5 Å². The molecule has 6 aromatic carbocycles. The fraction of sp³-hybridized carbons (Fsp3) is 0. The predicted molar refractivity (Wildman–Crippen MR) is 155 cm³/mol. The first-order chi connectivity index (χ1) is 18.3. The monoisotopic (exact) mass is 472 g/mol. The summed E-state index contributed by atoms with van der Waals surface area (Å²) in [5.41, 5.74) is 6.90. The molecule has 0 aliphatic rings. The normalized spacial score (nSPS) is 11.2. The van der Waals surface area contributed by atoms with Crippen LogP contribution >= 0.6 is 0 Å². The number of hydrogen-bond donors (Lipinski definition) is 0. The van der Waals surface area contributed by atoms with Gasteiger partial charge in [-0.3, -0.25) is 0 Å². The Morgan fingerprint density at radius 2 is 0.838 bits per heavy atom. The largest absolute Gasteiger partial charge is 0.455 e. The van der Waals surface area contributed by atoms with Gasteiger partial charge in [0, 0.05) is 21.9 Å². The highest BCUT2D eigenvalue weighted by atomic mass is 16.3. The van der Waals surface area contributed by atoms with Gasteiger partial charge in [-0.25, -0.2) is 0 Å². The van der Waals surface area contributed by atoms with E-state index in [0.29, 0.717) is 0 Å². The highest BCUT2D eigenvalue weighted by Crippen LogP contribution is 2.44. The average Bonchev–Trinajstić information content (AvgIpc) is 3.37. The van der Waals surface area contributed by atoms with Gasteiger partial charge in [-0.15, -0.1) is 0 Å². The topological polar surface area (TPSA) is 13.1 Å². The van der Waals surface area contributed by atoms with E-state index in [-0.39, 0.29) is 0 Å². The molecular weight excluding hydrogens is 448 g/mol. The van der Waals surface area contributed by atoms with Gasteiger partial charge in [-0.05, 0) is 51.2 Å². The first-order valence-electron chi connectivity index (χ1n) is 12.6. The Hall–Kier alpha value is -4.88. The zero-order valence-electron chi connectivity index (χ0n) is 20.3. The van der Waals surface area contributed by atoms with Crippen molar-refractivity contribution in [1.82, 2.24) is 0 Å². The van der Waals surface area contributed by atoms with Gasteiger partial charge in [-0.2, -0.15) is 0 Å². The van der Waals surface area contributed by atoms with Crippen molar-refractivity contribution in [1.29, 1.82) is 0 Å². The number of benzene rings is 6. The molecule has 0 bridgehead atoms. The molecule has 0 N–H and O–H groups in total. The van der Waals surface area contributed by atoms with E-state index in [1.54, 1.807) is 0 Å². The summed E-state index contributed by atoms with van der Waals surface area (Å²) >= 11 is 0. The van der Waals surface area contributed by atoms with Crippen molar-refractivity contribution < 1.29 is 4.42 Å². The number of hydrogen-bond acceptors (Lipinski definition) is 1. The van der Waals surface area contributed by atoms with Crippen molar-refractivity contribution in [3.8, 4) is 44.9 Å². The lowest BCUT2D eigenvalue weighted by Gasteiger charge is -2.11. The lowest BCUT2D eigenvalue weighted by atomic mass is 9.93. The molecule has 1 nitrogen and oxygen atoms in total. The molecule has 1 heteroatoms. The van der Waals surface area contributed by atoms with Crippen LogP contribution in [0.5, 0.6) is 0 Å². The van der Waals surface area contributed by atoms with Crippen LogP contribution < -0.4 is 0 Å². The summed E-state index contributed by atoms with van der Waals surface area (Å²) in [4.78, 5) is 0. The van der Waals surface area contributed by atoms with Crippen LogP contribution in [0, 0.1) is 0 Å². The summed E-state index contributed by atoms with van der Waals surface area (Å²) in [7, 11) is 0. The predicted octanol–water partition coefficient (Wildman–Crippen LogP) is 10.3. The summed E-state index contributed by atoms with van der Waals surface area (Å²) in [6.07, 6.45) is 0. The fourth-order valence-electron chi connectivity index (χ4n) is 5.26. The fourth-order valence-corrected chi connectivity index (χ4v) is 5.26. The van der Waals surface area contributed by atoms with Gasteiger partial charge in [0.25, 0.3) is 0 Å². The third-order valence-corrected chi connectivity index (χ3v) is 7.07. The SMILES string of the molecule is c1ccc(-c2cccc(-c3oc(-c4cc5ccccc5cc4-c4ccccc4)c4ccccc34)c2)cc1. The van der Waals surface area contributed by atoms with Crippen molar-refractivity contribution in [2.45, 2.75) is 0 Å². The maximum atomic E-state index is 6.84. The Labute approximate surface area is 216 Å². The molecule has 0 spiro atoms. The molecule has 0 atom stereocenters. The van der Waals surface area contributed by atoms with Crippen LogP contribution in [0.15, 0.2) is 150 Å². The molecule has 0 unspecified atom stereocenters. The Morgan fingerprint density at radius 1 is 0.324 bits per heavy atom. The molecule has 0 aliphatic heterocycles. The van der Waals surface area contributed by atoms with Gasteiger partial charge in [-0.1, -0.05) is 127 Å². The molecule has 1 aromatic heterocycles. The maximum absolute atomic E-state index is 6.84. The van der Waals surface area contributed by atoms with E-state index in [1.165, 1.54) is 33.0 Å². The molecule has 0 radical (unpaired) electrons. The molecule has 0 saturated carbocycles. The van der Waals surface area contributed by atoms with E-state index >= 15 is 0 Å². The lowest BCUT2D eigenvalue weighted by molar-refractivity contribution is 0.602. The lowest BCUT2D eigenvalue weighted by Crippen LogP contribution is -1.86. The molecule has 0 fully saturated rings. The number of rotatable bonds is 4. The van der Waals surface area contributed by atoms with Crippen molar-refractivity contribution in [3.63, 3.8) is 0 Å². The molecular formula is C36H24O. The van der Waals surface area contributed by atoms with Crippen LogP contribution in [0.1, 0.15) is 0 Å². The Balaban J connectivity index is 1.48. The van der Waals surface area contributed by atoms with Crippen LogP contribution in [0.25, 0.3) is 66.4 Å². The summed E-state index contributed by atoms with van der Waals surface area (Å²) in [5.74, 6) is 1.80. The van der Waals surface area contributed by atoms with Crippen LogP contribution in [0.2, 0.25) is 0 Å². The first kappa shape index (κ1) is 21.4. The molecule has 0 amide bonds. The Morgan fingerprint density at radius 3 is 1.54 bits per heavy atom. The van der Waals surface area contributed by atoms with Gasteiger partial charge in [0.1, 0.15) is 11.5 Å². The van der Waals surface area contributed by atoms with E-state index in [4.69, 9.17) is 4.42 Å². The highest BCUT2D eigenvalue weighted by Gasteiger charge is 2.20. The second-order valence-corrected chi connectivity index (χ2v) is 9.36. The molecule has 0 aliphatic carbocycles. The zero-order chi connectivity index (χ0) is 24.6. The third kappa shape index (κ3) is 3.82. The van der Waals surface area contributed by atoms with E-state index in [0.717, 1.165) is 33.4 Å². The molecule has 37 heavy (non-hydrogen) atoms. The first-order valence-corrected chi connectivity index (χ1v) is 12.6. The second-order valence-electron chi connectivity index (χ2n) is 9.36. The van der Waals surface area contributed by atoms with Gasteiger partial charge < -0.3 is 4.42 Å². The second kappa shape index (κ2) is 8.96. The summed E-state index contributed by atoms with van der Waals surface area (Å²) in [5, 5.41) is 4.66. The molecule has 7 aromatic rings. The standard InChI is InChI=1S/C36H24O/c1-3-12-25(13-4-1)27-18-11-19-30(22-27)35-31-20-9-10-21-32(31)36(37-35)34-24-29-17-8-7-16-28(29)23-33(34)26-14-5-2-6-15-26/h1-24H. The third-order valence-electron chi connectivity index (χ3n) is 7.07. The van der Waals surface area contributed by atoms with E-state index in [1.807, 2.05) is 6.07 Å². The minimum absolute atomic E-state index is 0.899. The highest BCUT2D eigenvalue weighted by molar-refractivity contribution is 6.07. The summed E-state index contributed by atoms with van der Waals surface area (Å²) in [6, 6.07) is 51.3. The number of fused-ring (bicyclic) bond motifs is 2. The van der Waals surface area contributed by atoms with Gasteiger partial charge in [0.2, 0.25) is 0 Å². The smallest absolute Gasteiger partial charge is 0.143 e. The van der Waals surface area contributed by atoms with Crippen molar-refractivity contribution in [3.05, 3.63) is 146 Å². The maximum Gasteiger partial charge on any atom is 0.143 e. The van der Waals surface area contributed by atoms with Crippen molar-refractivity contribution in [2.24, 2.45) is 0 Å². The van der Waals surface area contributed by atoms with Gasteiger partial charge in [0.05, 0.1) is 0 Å². The van der Waals surface area contributed by atoms with Crippen LogP contribution in [0.3, 0.4) is 0 Å². The van der Waals surface area contributed by atoms with Crippen molar-refractivity contribution in [2.75, 3.05) is 0 Å². The molecule has 1 heterocycles. The van der Waals surface area contributed by atoms with Crippen LogP contribution in [0.4, 0.5) is 0 Å². The Bertz CT molecular complexity index is 1860.